The molecule has 0 saturated heterocycles. The molecule has 8 heteroatoms. The van der Waals surface area contributed by atoms with Gasteiger partial charge >= 0.3 is 0 Å². The summed E-state index contributed by atoms with van der Waals surface area (Å²) in [6.45, 7) is 0. The molecule has 1 N–H and O–H groups in total. The van der Waals surface area contributed by atoms with Gasteiger partial charge in [0.15, 0.2) is 0 Å². The van der Waals surface area contributed by atoms with Crippen LogP contribution in [0.15, 0.2) is 51.5 Å². The number of carbonyl (C=O) groups is 1. The van der Waals surface area contributed by atoms with Crippen molar-refractivity contribution in [1.29, 1.82) is 0 Å². The highest BCUT2D eigenvalue weighted by atomic mass is 79.9. The van der Waals surface area contributed by atoms with Gasteiger partial charge in [-0.15, -0.1) is 0 Å². The summed E-state index contributed by atoms with van der Waals surface area (Å²) in [5.74, 6) is 0.579. The van der Waals surface area contributed by atoms with Crippen molar-refractivity contribution in [3.63, 3.8) is 0 Å². The lowest BCUT2D eigenvalue weighted by molar-refractivity contribution is -0.116. The molecule has 0 bridgehead atoms. The van der Waals surface area contributed by atoms with Crippen molar-refractivity contribution in [3.05, 3.63) is 58.6 Å². The van der Waals surface area contributed by atoms with Gasteiger partial charge in [0.05, 0.1) is 12.8 Å². The van der Waals surface area contributed by atoms with E-state index in [2.05, 4.69) is 31.4 Å². The number of amides is 1. The zero-order valence-corrected chi connectivity index (χ0v) is 15.4. The van der Waals surface area contributed by atoms with E-state index in [0.29, 0.717) is 21.9 Å². The minimum absolute atomic E-state index is 0.0925. The number of hydrogen-bond donors (Lipinski definition) is 1. The van der Waals surface area contributed by atoms with E-state index in [-0.39, 0.29) is 24.4 Å². The van der Waals surface area contributed by atoms with Crippen LogP contribution in [0.25, 0.3) is 11.4 Å². The third-order valence-corrected chi connectivity index (χ3v) is 4.06. The second kappa shape index (κ2) is 8.09. The third-order valence-electron chi connectivity index (χ3n) is 3.57. The van der Waals surface area contributed by atoms with Gasteiger partial charge in [-0.2, -0.15) is 4.98 Å². The number of nitrogens with zero attached hydrogens (tertiary/aromatic N) is 2. The molecule has 0 unspecified atom stereocenters. The van der Waals surface area contributed by atoms with Crippen LogP contribution in [0.3, 0.4) is 0 Å². The quantitative estimate of drug-likeness (QED) is 0.646. The number of nitrogens with one attached hydrogen (secondary N) is 1. The Bertz CT molecular complexity index is 930. The largest absolute Gasteiger partial charge is 0.497 e. The van der Waals surface area contributed by atoms with Gasteiger partial charge in [0.2, 0.25) is 17.6 Å². The van der Waals surface area contributed by atoms with Gasteiger partial charge < -0.3 is 14.6 Å². The Hall–Kier alpha value is -2.74. The van der Waals surface area contributed by atoms with Gasteiger partial charge in [-0.1, -0.05) is 33.2 Å². The van der Waals surface area contributed by atoms with E-state index >= 15 is 0 Å². The molecule has 0 aliphatic heterocycles. The molecule has 0 radical (unpaired) electrons. The second-order valence-electron chi connectivity index (χ2n) is 5.42. The Morgan fingerprint density at radius 2 is 2.15 bits per heavy atom. The smallest absolute Gasteiger partial charge is 0.227 e. The summed E-state index contributed by atoms with van der Waals surface area (Å²) < 4.78 is 24.7. The predicted molar refractivity (Wildman–Crippen MR) is 97.3 cm³/mol. The van der Waals surface area contributed by atoms with Crippen LogP contribution >= 0.6 is 15.9 Å². The van der Waals surface area contributed by atoms with Crippen molar-refractivity contribution in [1.82, 2.24) is 10.1 Å². The van der Waals surface area contributed by atoms with Crippen LogP contribution in [0, 0.1) is 5.82 Å². The predicted octanol–water partition coefficient (Wildman–Crippen LogP) is 4.22. The zero-order chi connectivity index (χ0) is 18.5. The maximum Gasteiger partial charge on any atom is 0.227 e. The molecule has 134 valence electrons. The average Bonchev–Trinajstić information content (AvgIpc) is 3.11. The molecule has 0 fully saturated rings. The van der Waals surface area contributed by atoms with Crippen molar-refractivity contribution in [2.75, 3.05) is 12.4 Å². The molecule has 0 spiro atoms. The molecule has 1 heterocycles. The molecule has 0 atom stereocenters. The van der Waals surface area contributed by atoms with Crippen LogP contribution < -0.4 is 10.1 Å². The van der Waals surface area contributed by atoms with E-state index in [1.54, 1.807) is 19.2 Å². The molecule has 6 nitrogen and oxygen atoms in total. The Balaban J connectivity index is 1.60. The summed E-state index contributed by atoms with van der Waals surface area (Å²) >= 11 is 3.17. The fourth-order valence-electron chi connectivity index (χ4n) is 2.26. The minimum atomic E-state index is -0.508. The number of methoxy groups -OCH3 is 1. The molecule has 1 aromatic heterocycles. The van der Waals surface area contributed by atoms with Crippen LogP contribution in [0.5, 0.6) is 5.75 Å². The Kier molecular flexibility index (Phi) is 5.62. The highest BCUT2D eigenvalue weighted by Crippen LogP contribution is 2.22. The van der Waals surface area contributed by atoms with Crippen LogP contribution in [0.2, 0.25) is 0 Å². The number of hydrogen-bond acceptors (Lipinski definition) is 5. The van der Waals surface area contributed by atoms with Gasteiger partial charge in [0.25, 0.3) is 0 Å². The first-order valence-corrected chi connectivity index (χ1v) is 8.56. The van der Waals surface area contributed by atoms with Gasteiger partial charge in [0.1, 0.15) is 11.6 Å². The molecule has 2 aromatic carbocycles. The number of anilines is 1. The molecule has 1 amide bonds. The third kappa shape index (κ3) is 4.45. The van der Waals surface area contributed by atoms with Crippen LogP contribution in [0.1, 0.15) is 12.3 Å². The van der Waals surface area contributed by atoms with E-state index in [9.17, 15) is 9.18 Å². The normalized spacial score (nSPS) is 10.6. The maximum atomic E-state index is 13.7. The fourth-order valence-corrected chi connectivity index (χ4v) is 2.59. The Morgan fingerprint density at radius 1 is 1.31 bits per heavy atom. The van der Waals surface area contributed by atoms with E-state index in [1.165, 1.54) is 12.1 Å². The van der Waals surface area contributed by atoms with Gasteiger partial charge in [0, 0.05) is 22.9 Å². The number of aromatic nitrogens is 2. The minimum Gasteiger partial charge on any atom is -0.497 e. The Labute approximate surface area is 157 Å². The average molecular weight is 420 g/mol. The lowest BCUT2D eigenvalue weighted by Crippen LogP contribution is -2.13. The van der Waals surface area contributed by atoms with Crippen LogP contribution in [-0.2, 0) is 11.2 Å². The molecule has 0 saturated carbocycles. The number of benzene rings is 2. The lowest BCUT2D eigenvalue weighted by atomic mass is 10.2. The molecule has 3 aromatic rings. The van der Waals surface area contributed by atoms with Crippen LogP contribution in [0.4, 0.5) is 10.1 Å². The zero-order valence-electron chi connectivity index (χ0n) is 13.8. The van der Waals surface area contributed by atoms with Crippen molar-refractivity contribution in [2.24, 2.45) is 0 Å². The summed E-state index contributed by atoms with van der Waals surface area (Å²) in [6, 6.07) is 11.7. The Morgan fingerprint density at radius 3 is 2.92 bits per heavy atom. The molecule has 26 heavy (non-hydrogen) atoms. The van der Waals surface area contributed by atoms with Gasteiger partial charge in [-0.3, -0.25) is 4.79 Å². The number of rotatable bonds is 6. The van der Waals surface area contributed by atoms with Gasteiger partial charge in [-0.25, -0.2) is 4.39 Å². The molecular weight excluding hydrogens is 405 g/mol. The van der Waals surface area contributed by atoms with Crippen molar-refractivity contribution in [2.45, 2.75) is 12.8 Å². The first-order chi connectivity index (χ1) is 12.5. The van der Waals surface area contributed by atoms with E-state index in [4.69, 9.17) is 9.26 Å². The number of ether oxygens (including phenoxy) is 1. The van der Waals surface area contributed by atoms with Gasteiger partial charge in [-0.05, 0) is 30.3 Å². The fraction of sp³-hybridized carbons (Fsp3) is 0.167. The molecule has 0 aliphatic carbocycles. The molecule has 3 rings (SSSR count). The van der Waals surface area contributed by atoms with Crippen molar-refractivity contribution >= 4 is 27.5 Å². The summed E-state index contributed by atoms with van der Waals surface area (Å²) in [6.07, 6.45) is 0.343. The van der Waals surface area contributed by atoms with Crippen molar-refractivity contribution < 1.29 is 18.4 Å². The summed E-state index contributed by atoms with van der Waals surface area (Å²) in [5.41, 5.74) is 0.876. The number of carbonyl (C=O) groups excluding carboxylic acids is 1. The van der Waals surface area contributed by atoms with E-state index < -0.39 is 5.82 Å². The van der Waals surface area contributed by atoms with E-state index in [0.717, 1.165) is 5.56 Å². The first-order valence-electron chi connectivity index (χ1n) is 7.77. The summed E-state index contributed by atoms with van der Waals surface area (Å²) in [5, 5.41) is 6.43. The first kappa shape index (κ1) is 18.1. The highest BCUT2D eigenvalue weighted by Gasteiger charge is 2.12. The number of halogens is 2. The second-order valence-corrected chi connectivity index (χ2v) is 6.33. The highest BCUT2D eigenvalue weighted by molar-refractivity contribution is 9.10. The molecular formula is C18H15BrFN3O3. The monoisotopic (exact) mass is 419 g/mol. The van der Waals surface area contributed by atoms with Crippen molar-refractivity contribution in [3.8, 4) is 17.1 Å². The molecule has 0 aliphatic rings. The topological polar surface area (TPSA) is 77.2 Å². The van der Waals surface area contributed by atoms with Crippen LogP contribution in [-0.4, -0.2) is 23.2 Å². The standard InChI is InChI=1S/C18H15BrFN3O3/c1-25-13-4-2-3-11(9-13)18-22-17(26-23-18)8-7-16(24)21-15-6-5-12(19)10-14(15)20/h2-6,9-10H,7-8H2,1H3,(H,21,24). The number of aryl methyl sites for hydroxylation is 1. The van der Waals surface area contributed by atoms with E-state index in [1.807, 2.05) is 18.2 Å². The summed E-state index contributed by atoms with van der Waals surface area (Å²) in [7, 11) is 1.58. The maximum absolute atomic E-state index is 13.7. The lowest BCUT2D eigenvalue weighted by Gasteiger charge is -2.05. The summed E-state index contributed by atoms with van der Waals surface area (Å²) in [4.78, 5) is 16.3. The SMILES string of the molecule is COc1cccc(-c2noc(CCC(=O)Nc3ccc(Br)cc3F)n2)c1.